The largest absolute Gasteiger partial charge is 0.507 e. The number of halogens is 1. The number of para-hydroxylation sites is 1. The Morgan fingerprint density at radius 3 is 2.70 bits per heavy atom. The number of hydrogen-bond acceptors (Lipinski definition) is 7. The summed E-state index contributed by atoms with van der Waals surface area (Å²) in [5.41, 5.74) is 1.35. The Hall–Kier alpha value is -3.75. The van der Waals surface area contributed by atoms with Crippen molar-refractivity contribution >= 4 is 55.7 Å². The number of pyridine rings is 1. The fraction of sp³-hybridized carbons (Fsp3) is 0.0833. The van der Waals surface area contributed by atoms with Gasteiger partial charge in [-0.05, 0) is 42.0 Å². The van der Waals surface area contributed by atoms with E-state index in [1.165, 1.54) is 29.4 Å². The first-order chi connectivity index (χ1) is 16.0. The summed E-state index contributed by atoms with van der Waals surface area (Å²) in [6, 6.07) is 14.7. The number of aliphatic hydroxyl groups excluding tert-OH is 1. The molecular weight excluding hydrogens is 462 g/mol. The van der Waals surface area contributed by atoms with E-state index >= 15 is 0 Å². The zero-order valence-corrected chi connectivity index (χ0v) is 18.8. The maximum Gasteiger partial charge on any atom is 0.301 e. The van der Waals surface area contributed by atoms with Crippen molar-refractivity contribution in [2.45, 2.75) is 6.04 Å². The van der Waals surface area contributed by atoms with Gasteiger partial charge in [-0.25, -0.2) is 4.98 Å². The quantitative estimate of drug-likeness (QED) is 0.253. The van der Waals surface area contributed by atoms with Gasteiger partial charge in [-0.1, -0.05) is 41.1 Å². The van der Waals surface area contributed by atoms with Crippen LogP contribution in [0.1, 0.15) is 17.2 Å². The maximum absolute atomic E-state index is 13.2. The molecule has 0 spiro atoms. The molecule has 1 saturated heterocycles. The average molecular weight is 478 g/mol. The Morgan fingerprint density at radius 1 is 1.15 bits per heavy atom. The molecule has 33 heavy (non-hydrogen) atoms. The third-order valence-corrected chi connectivity index (χ3v) is 6.73. The van der Waals surface area contributed by atoms with Crippen molar-refractivity contribution in [3.8, 4) is 5.75 Å². The Labute approximate surface area is 197 Å². The predicted molar refractivity (Wildman–Crippen MR) is 127 cm³/mol. The van der Waals surface area contributed by atoms with E-state index in [-0.39, 0.29) is 16.2 Å². The van der Waals surface area contributed by atoms with Crippen LogP contribution < -0.4 is 9.64 Å². The lowest BCUT2D eigenvalue weighted by molar-refractivity contribution is -0.132. The van der Waals surface area contributed by atoms with Crippen LogP contribution in [0.4, 0.5) is 5.13 Å². The van der Waals surface area contributed by atoms with Crippen molar-refractivity contribution in [1.29, 1.82) is 0 Å². The lowest BCUT2D eigenvalue weighted by Crippen LogP contribution is -2.29. The van der Waals surface area contributed by atoms with Gasteiger partial charge in [-0.15, -0.1) is 0 Å². The Kier molecular flexibility index (Phi) is 5.32. The van der Waals surface area contributed by atoms with Gasteiger partial charge in [-0.2, -0.15) is 0 Å². The first kappa shape index (κ1) is 21.1. The number of benzene rings is 2. The molecule has 9 heteroatoms. The van der Waals surface area contributed by atoms with Gasteiger partial charge in [0.1, 0.15) is 11.5 Å². The number of Topliss-reactive ketones (excluding diaryl/α,β-unsaturated/α-hetero) is 1. The van der Waals surface area contributed by atoms with E-state index in [1.807, 2.05) is 24.3 Å². The number of nitrogens with zero attached hydrogens (tertiary/aromatic N) is 3. The normalized spacial score (nSPS) is 17.6. The summed E-state index contributed by atoms with van der Waals surface area (Å²) in [7, 11) is 1.48. The minimum absolute atomic E-state index is 0.0950. The summed E-state index contributed by atoms with van der Waals surface area (Å²) < 4.78 is 6.10. The SMILES string of the molecule is COc1ccc(Cl)c(/C(O)=C2\C(=O)C(=O)N(c3nc4ccccc4s3)C2c2cccnc2)c1. The third-order valence-electron chi connectivity index (χ3n) is 5.36. The van der Waals surface area contributed by atoms with E-state index in [9.17, 15) is 14.7 Å². The van der Waals surface area contributed by atoms with Gasteiger partial charge in [0.05, 0.1) is 34.0 Å². The second-order valence-electron chi connectivity index (χ2n) is 7.27. The molecule has 4 aromatic rings. The number of amides is 1. The second kappa shape index (κ2) is 8.31. The van der Waals surface area contributed by atoms with Crippen LogP contribution in [0.15, 0.2) is 72.6 Å². The highest BCUT2D eigenvalue weighted by atomic mass is 35.5. The van der Waals surface area contributed by atoms with E-state index in [0.717, 1.165) is 4.70 Å². The maximum atomic E-state index is 13.2. The number of ketones is 1. The monoisotopic (exact) mass is 477 g/mol. The number of carbonyl (C=O) groups is 2. The van der Waals surface area contributed by atoms with Crippen LogP contribution in [0.3, 0.4) is 0 Å². The molecule has 164 valence electrons. The zero-order chi connectivity index (χ0) is 23.1. The van der Waals surface area contributed by atoms with Crippen molar-refractivity contribution in [3.05, 3.63) is 88.7 Å². The molecule has 1 atom stereocenters. The van der Waals surface area contributed by atoms with E-state index in [0.29, 0.717) is 22.0 Å². The van der Waals surface area contributed by atoms with Gasteiger partial charge in [-0.3, -0.25) is 19.5 Å². The summed E-state index contributed by atoms with van der Waals surface area (Å²) in [5, 5.41) is 11.8. The second-order valence-corrected chi connectivity index (χ2v) is 8.68. The molecule has 1 aliphatic rings. The number of aromatic nitrogens is 2. The first-order valence-corrected chi connectivity index (χ1v) is 11.1. The van der Waals surface area contributed by atoms with Crippen molar-refractivity contribution in [2.24, 2.45) is 0 Å². The number of aliphatic hydroxyl groups is 1. The van der Waals surface area contributed by atoms with Gasteiger partial charge in [0.15, 0.2) is 5.13 Å². The van der Waals surface area contributed by atoms with Crippen molar-refractivity contribution in [1.82, 2.24) is 9.97 Å². The minimum Gasteiger partial charge on any atom is -0.507 e. The van der Waals surface area contributed by atoms with Crippen molar-refractivity contribution in [3.63, 3.8) is 0 Å². The van der Waals surface area contributed by atoms with Gasteiger partial charge in [0, 0.05) is 18.0 Å². The molecular formula is C24H16ClN3O4S. The molecule has 0 saturated carbocycles. The molecule has 2 aromatic heterocycles. The van der Waals surface area contributed by atoms with E-state index in [1.54, 1.807) is 36.7 Å². The lowest BCUT2D eigenvalue weighted by atomic mass is 9.96. The lowest BCUT2D eigenvalue weighted by Gasteiger charge is -2.22. The standard InChI is InChI=1S/C24H16ClN3O4S/c1-32-14-8-9-16(25)15(11-14)21(29)19-20(13-5-4-10-26-12-13)28(23(31)22(19)30)24-27-17-6-2-3-7-18(17)33-24/h2-12,20,29H,1H3/b21-19+. The molecule has 5 rings (SSSR count). The molecule has 0 bridgehead atoms. The number of carbonyl (C=O) groups excluding carboxylic acids is 2. The highest BCUT2D eigenvalue weighted by Gasteiger charge is 2.48. The van der Waals surface area contributed by atoms with Crippen LogP contribution in [0.2, 0.25) is 5.02 Å². The summed E-state index contributed by atoms with van der Waals surface area (Å²) in [5.74, 6) is -1.57. The van der Waals surface area contributed by atoms with Gasteiger partial charge >= 0.3 is 5.91 Å². The Balaban J connectivity index is 1.75. The number of hydrogen-bond donors (Lipinski definition) is 1. The smallest absolute Gasteiger partial charge is 0.301 e. The molecule has 1 amide bonds. The predicted octanol–water partition coefficient (Wildman–Crippen LogP) is 4.98. The Morgan fingerprint density at radius 2 is 1.97 bits per heavy atom. The summed E-state index contributed by atoms with van der Waals surface area (Å²) >= 11 is 7.62. The third kappa shape index (κ3) is 3.53. The number of ether oxygens (including phenoxy) is 1. The van der Waals surface area contributed by atoms with Gasteiger partial charge in [0.25, 0.3) is 5.78 Å². The fourth-order valence-electron chi connectivity index (χ4n) is 3.80. The van der Waals surface area contributed by atoms with E-state index in [2.05, 4.69) is 9.97 Å². The number of anilines is 1. The van der Waals surface area contributed by atoms with Crippen molar-refractivity contribution < 1.29 is 19.4 Å². The van der Waals surface area contributed by atoms with Gasteiger partial charge < -0.3 is 9.84 Å². The van der Waals surface area contributed by atoms with E-state index in [4.69, 9.17) is 16.3 Å². The highest BCUT2D eigenvalue weighted by molar-refractivity contribution is 7.22. The van der Waals surface area contributed by atoms with Crippen molar-refractivity contribution in [2.75, 3.05) is 12.0 Å². The number of methoxy groups -OCH3 is 1. The first-order valence-electron chi connectivity index (χ1n) is 9.90. The fourth-order valence-corrected chi connectivity index (χ4v) is 5.00. The molecule has 2 aromatic carbocycles. The van der Waals surface area contributed by atoms with Crippen LogP contribution in [0, 0.1) is 0 Å². The van der Waals surface area contributed by atoms with Crippen LogP contribution in [-0.2, 0) is 9.59 Å². The molecule has 7 nitrogen and oxygen atoms in total. The average Bonchev–Trinajstić information content (AvgIpc) is 3.38. The molecule has 3 heterocycles. The molecule has 1 aliphatic heterocycles. The zero-order valence-electron chi connectivity index (χ0n) is 17.2. The summed E-state index contributed by atoms with van der Waals surface area (Å²) in [4.78, 5) is 36.5. The number of rotatable bonds is 4. The minimum atomic E-state index is -0.929. The van der Waals surface area contributed by atoms with Crippen LogP contribution in [-0.4, -0.2) is 33.9 Å². The summed E-state index contributed by atoms with van der Waals surface area (Å²) in [6.07, 6.45) is 3.14. The van der Waals surface area contributed by atoms with Crippen LogP contribution in [0.5, 0.6) is 5.75 Å². The Bertz CT molecular complexity index is 1400. The molecule has 1 unspecified atom stereocenters. The van der Waals surface area contributed by atoms with Gasteiger partial charge in [0.2, 0.25) is 0 Å². The van der Waals surface area contributed by atoms with Crippen LogP contribution in [0.25, 0.3) is 16.0 Å². The van der Waals surface area contributed by atoms with Crippen LogP contribution >= 0.6 is 22.9 Å². The molecule has 1 N–H and O–H groups in total. The topological polar surface area (TPSA) is 92.6 Å². The molecule has 1 fully saturated rings. The molecule has 0 aliphatic carbocycles. The highest BCUT2D eigenvalue weighted by Crippen LogP contribution is 2.44. The number of thiazole rings is 1. The summed E-state index contributed by atoms with van der Waals surface area (Å²) in [6.45, 7) is 0. The van der Waals surface area contributed by atoms with E-state index < -0.39 is 23.5 Å². The molecule has 0 radical (unpaired) electrons. The number of fused-ring (bicyclic) bond motifs is 1.